The molecule has 0 aliphatic rings. The van der Waals surface area contributed by atoms with Crippen molar-refractivity contribution in [1.29, 1.82) is 0 Å². The summed E-state index contributed by atoms with van der Waals surface area (Å²) in [5, 5.41) is 3.18. The Balaban J connectivity index is 2.52. The molecule has 1 N–H and O–H groups in total. The van der Waals surface area contributed by atoms with Gasteiger partial charge in [-0.25, -0.2) is 14.4 Å². The summed E-state index contributed by atoms with van der Waals surface area (Å²) >= 11 is 3.47. The van der Waals surface area contributed by atoms with Crippen LogP contribution in [0.3, 0.4) is 0 Å². The summed E-state index contributed by atoms with van der Waals surface area (Å²) in [7, 11) is 0. The average molecular weight is 324 g/mol. The summed E-state index contributed by atoms with van der Waals surface area (Å²) in [5.74, 6) is 1.14. The Morgan fingerprint density at radius 2 is 2.00 bits per heavy atom. The molecule has 2 rings (SSSR count). The van der Waals surface area contributed by atoms with Gasteiger partial charge in [-0.1, -0.05) is 0 Å². The number of hydrogen-bond acceptors (Lipinski definition) is 3. The zero-order chi connectivity index (χ0) is 14.0. The van der Waals surface area contributed by atoms with Gasteiger partial charge in [-0.05, 0) is 60.5 Å². The number of rotatable bonds is 3. The molecule has 0 bridgehead atoms. The van der Waals surface area contributed by atoms with Crippen molar-refractivity contribution >= 4 is 21.7 Å². The third kappa shape index (κ3) is 2.92. The van der Waals surface area contributed by atoms with Crippen molar-refractivity contribution in [3.05, 3.63) is 39.7 Å². The Hall–Kier alpha value is -1.49. The van der Waals surface area contributed by atoms with Gasteiger partial charge < -0.3 is 5.32 Å². The molecule has 1 aromatic carbocycles. The predicted molar refractivity (Wildman–Crippen MR) is 78.8 cm³/mol. The summed E-state index contributed by atoms with van der Waals surface area (Å²) in [5.41, 5.74) is 2.25. The van der Waals surface area contributed by atoms with E-state index < -0.39 is 0 Å². The highest BCUT2D eigenvalue weighted by Crippen LogP contribution is 2.27. The molecular formula is C14H15BrFN3. The zero-order valence-electron chi connectivity index (χ0n) is 11.1. The van der Waals surface area contributed by atoms with Crippen LogP contribution in [0, 0.1) is 19.7 Å². The molecule has 0 aliphatic carbocycles. The molecule has 2 aromatic rings. The van der Waals surface area contributed by atoms with E-state index >= 15 is 0 Å². The summed E-state index contributed by atoms with van der Waals surface area (Å²) in [6, 6.07) is 4.90. The van der Waals surface area contributed by atoms with Crippen molar-refractivity contribution in [1.82, 2.24) is 9.97 Å². The van der Waals surface area contributed by atoms with E-state index in [0.717, 1.165) is 28.1 Å². The molecule has 0 atom stereocenters. The lowest BCUT2D eigenvalue weighted by Crippen LogP contribution is -2.04. The maximum absolute atomic E-state index is 13.3. The van der Waals surface area contributed by atoms with E-state index in [0.29, 0.717) is 11.4 Å². The molecule has 3 nitrogen and oxygen atoms in total. The van der Waals surface area contributed by atoms with Crippen molar-refractivity contribution in [2.75, 3.05) is 11.9 Å². The first-order valence-electron chi connectivity index (χ1n) is 6.07. The van der Waals surface area contributed by atoms with Crippen LogP contribution in [0.5, 0.6) is 0 Å². The number of hydrogen-bond donors (Lipinski definition) is 1. The van der Waals surface area contributed by atoms with E-state index in [9.17, 15) is 4.39 Å². The van der Waals surface area contributed by atoms with Crippen LogP contribution in [0.15, 0.2) is 22.7 Å². The fraction of sp³-hybridized carbons (Fsp3) is 0.286. The topological polar surface area (TPSA) is 37.8 Å². The van der Waals surface area contributed by atoms with E-state index in [4.69, 9.17) is 0 Å². The largest absolute Gasteiger partial charge is 0.369 e. The predicted octanol–water partition coefficient (Wildman–Crippen LogP) is 4.09. The van der Waals surface area contributed by atoms with Crippen molar-refractivity contribution in [2.45, 2.75) is 20.8 Å². The van der Waals surface area contributed by atoms with Gasteiger partial charge in [-0.2, -0.15) is 0 Å². The van der Waals surface area contributed by atoms with Crippen LogP contribution >= 0.6 is 15.9 Å². The molecule has 1 aromatic heterocycles. The molecule has 100 valence electrons. The van der Waals surface area contributed by atoms with Crippen molar-refractivity contribution in [3.63, 3.8) is 0 Å². The minimum Gasteiger partial charge on any atom is -0.369 e. The first-order valence-corrected chi connectivity index (χ1v) is 6.86. The van der Waals surface area contributed by atoms with Gasteiger partial charge in [0, 0.05) is 12.1 Å². The molecule has 5 heteroatoms. The lowest BCUT2D eigenvalue weighted by molar-refractivity contribution is 0.618. The summed E-state index contributed by atoms with van der Waals surface area (Å²) in [6.45, 7) is 6.42. The molecular weight excluding hydrogens is 309 g/mol. The van der Waals surface area contributed by atoms with Crippen molar-refractivity contribution < 1.29 is 4.39 Å². The van der Waals surface area contributed by atoms with Crippen molar-refractivity contribution in [3.8, 4) is 11.4 Å². The smallest absolute Gasteiger partial charge is 0.161 e. The second-order valence-corrected chi connectivity index (χ2v) is 5.08. The molecule has 0 fully saturated rings. The Kier molecular flexibility index (Phi) is 4.14. The standard InChI is InChI=1S/C14H15BrFN3/c1-4-17-14-12(15)9(3)18-13(19-14)10-5-6-11(16)8(2)7-10/h5-7H,4H2,1-3H3,(H,17,18,19). The normalized spacial score (nSPS) is 10.6. The molecule has 19 heavy (non-hydrogen) atoms. The average Bonchev–Trinajstić information content (AvgIpc) is 2.38. The van der Waals surface area contributed by atoms with Crippen LogP contribution in [0.4, 0.5) is 10.2 Å². The quantitative estimate of drug-likeness (QED) is 0.924. The second kappa shape index (κ2) is 5.65. The highest BCUT2D eigenvalue weighted by molar-refractivity contribution is 9.10. The van der Waals surface area contributed by atoms with Gasteiger partial charge in [0.05, 0.1) is 10.2 Å². The molecule has 0 aliphatic heterocycles. The Labute approximate surface area is 120 Å². The number of benzene rings is 1. The van der Waals surface area contributed by atoms with Gasteiger partial charge in [0.1, 0.15) is 11.6 Å². The minimum absolute atomic E-state index is 0.218. The minimum atomic E-state index is -0.218. The van der Waals surface area contributed by atoms with Gasteiger partial charge in [0.15, 0.2) is 5.82 Å². The lowest BCUT2D eigenvalue weighted by atomic mass is 10.1. The monoisotopic (exact) mass is 323 g/mol. The number of anilines is 1. The van der Waals surface area contributed by atoms with Crippen LogP contribution in [-0.4, -0.2) is 16.5 Å². The van der Waals surface area contributed by atoms with Gasteiger partial charge >= 0.3 is 0 Å². The number of nitrogens with one attached hydrogen (secondary N) is 1. The van der Waals surface area contributed by atoms with E-state index in [-0.39, 0.29) is 5.82 Å². The lowest BCUT2D eigenvalue weighted by Gasteiger charge is -2.10. The molecule has 1 heterocycles. The summed E-state index contributed by atoms with van der Waals surface area (Å²) < 4.78 is 14.2. The summed E-state index contributed by atoms with van der Waals surface area (Å²) in [6.07, 6.45) is 0. The third-order valence-corrected chi connectivity index (χ3v) is 3.73. The van der Waals surface area contributed by atoms with Crippen molar-refractivity contribution in [2.24, 2.45) is 0 Å². The molecule has 0 saturated heterocycles. The van der Waals surface area contributed by atoms with Crippen LogP contribution in [-0.2, 0) is 0 Å². The fourth-order valence-corrected chi connectivity index (χ4v) is 2.07. The summed E-state index contributed by atoms with van der Waals surface area (Å²) in [4.78, 5) is 8.91. The fourth-order valence-electron chi connectivity index (χ4n) is 1.76. The first-order chi connectivity index (χ1) is 9.02. The molecule has 0 radical (unpaired) electrons. The van der Waals surface area contributed by atoms with E-state index in [1.54, 1.807) is 19.1 Å². The molecule has 0 unspecified atom stereocenters. The second-order valence-electron chi connectivity index (χ2n) is 4.29. The number of aromatic nitrogens is 2. The van der Waals surface area contributed by atoms with Crippen LogP contribution < -0.4 is 5.32 Å². The van der Waals surface area contributed by atoms with Gasteiger partial charge in [-0.3, -0.25) is 0 Å². The Morgan fingerprint density at radius 3 is 2.63 bits per heavy atom. The van der Waals surface area contributed by atoms with Crippen LogP contribution in [0.25, 0.3) is 11.4 Å². The van der Waals surface area contributed by atoms with Gasteiger partial charge in [0.25, 0.3) is 0 Å². The van der Waals surface area contributed by atoms with Gasteiger partial charge in [-0.15, -0.1) is 0 Å². The maximum Gasteiger partial charge on any atom is 0.161 e. The van der Waals surface area contributed by atoms with Crippen LogP contribution in [0.2, 0.25) is 0 Å². The van der Waals surface area contributed by atoms with E-state index in [2.05, 4.69) is 31.2 Å². The van der Waals surface area contributed by atoms with E-state index in [1.165, 1.54) is 6.07 Å². The molecule has 0 spiro atoms. The first kappa shape index (κ1) is 13.9. The Morgan fingerprint density at radius 1 is 1.26 bits per heavy atom. The van der Waals surface area contributed by atoms with Gasteiger partial charge in [0.2, 0.25) is 0 Å². The van der Waals surface area contributed by atoms with E-state index in [1.807, 2.05) is 13.8 Å². The maximum atomic E-state index is 13.3. The number of nitrogens with zero attached hydrogens (tertiary/aromatic N) is 2. The third-order valence-electron chi connectivity index (χ3n) is 2.78. The highest BCUT2D eigenvalue weighted by atomic mass is 79.9. The highest BCUT2D eigenvalue weighted by Gasteiger charge is 2.11. The number of halogens is 2. The SMILES string of the molecule is CCNc1nc(-c2ccc(F)c(C)c2)nc(C)c1Br. The Bertz CT molecular complexity index is 614. The zero-order valence-corrected chi connectivity index (χ0v) is 12.7. The molecule has 0 amide bonds. The number of aryl methyl sites for hydroxylation is 2. The van der Waals surface area contributed by atoms with Crippen LogP contribution in [0.1, 0.15) is 18.2 Å². The molecule has 0 saturated carbocycles.